The number of hydrogen-bond acceptors (Lipinski definition) is 4. The highest BCUT2D eigenvalue weighted by Crippen LogP contribution is 2.37. The Morgan fingerprint density at radius 3 is 2.90 bits per heavy atom. The van der Waals surface area contributed by atoms with E-state index in [1.807, 2.05) is 12.1 Å². The standard InChI is InChI=1S/C16H18BrNO3/c1-2-16(19)6-4-3-5-15(16)18-9-11-7-13-14(8-12(11)17)21-10-20-13/h1,7-8,15,18-19H,3-6,9-10H2/t15-,16-/m1/s1. The molecular weight excluding hydrogens is 334 g/mol. The summed E-state index contributed by atoms with van der Waals surface area (Å²) in [4.78, 5) is 0. The summed E-state index contributed by atoms with van der Waals surface area (Å²) in [6.45, 7) is 0.879. The summed E-state index contributed by atoms with van der Waals surface area (Å²) >= 11 is 3.54. The molecule has 1 aliphatic heterocycles. The molecule has 1 aromatic rings. The van der Waals surface area contributed by atoms with Crippen molar-refractivity contribution in [2.75, 3.05) is 6.79 Å². The van der Waals surface area contributed by atoms with E-state index in [-0.39, 0.29) is 12.8 Å². The van der Waals surface area contributed by atoms with E-state index in [1.54, 1.807) is 0 Å². The fourth-order valence-corrected chi connectivity index (χ4v) is 3.39. The largest absolute Gasteiger partial charge is 0.454 e. The Kier molecular flexibility index (Phi) is 4.12. The van der Waals surface area contributed by atoms with Crippen LogP contribution >= 0.6 is 15.9 Å². The van der Waals surface area contributed by atoms with Gasteiger partial charge in [0.2, 0.25) is 6.79 Å². The second-order valence-electron chi connectivity index (χ2n) is 5.54. The van der Waals surface area contributed by atoms with Crippen molar-refractivity contribution >= 4 is 15.9 Å². The molecule has 1 aromatic carbocycles. The molecule has 3 rings (SSSR count). The fourth-order valence-electron chi connectivity index (χ4n) is 2.93. The number of ether oxygens (including phenoxy) is 2. The maximum Gasteiger partial charge on any atom is 0.231 e. The highest BCUT2D eigenvalue weighted by molar-refractivity contribution is 9.10. The summed E-state index contributed by atoms with van der Waals surface area (Å²) in [5, 5.41) is 13.9. The lowest BCUT2D eigenvalue weighted by atomic mass is 9.81. The maximum absolute atomic E-state index is 10.5. The SMILES string of the molecule is C#C[C@@]1(O)CCCC[C@H]1NCc1cc2c(cc1Br)OCO2. The Morgan fingerprint density at radius 2 is 2.14 bits per heavy atom. The van der Waals surface area contributed by atoms with Crippen molar-refractivity contribution in [3.05, 3.63) is 22.2 Å². The van der Waals surface area contributed by atoms with Crippen LogP contribution < -0.4 is 14.8 Å². The van der Waals surface area contributed by atoms with E-state index in [4.69, 9.17) is 15.9 Å². The van der Waals surface area contributed by atoms with Crippen LogP contribution in [0.2, 0.25) is 0 Å². The first-order valence-electron chi connectivity index (χ1n) is 7.14. The van der Waals surface area contributed by atoms with Crippen LogP contribution in [0, 0.1) is 12.3 Å². The third kappa shape index (κ3) is 2.89. The van der Waals surface area contributed by atoms with Gasteiger partial charge < -0.3 is 19.9 Å². The molecule has 0 saturated heterocycles. The molecule has 0 amide bonds. The lowest BCUT2D eigenvalue weighted by Gasteiger charge is -2.36. The van der Waals surface area contributed by atoms with Crippen LogP contribution in [0.1, 0.15) is 31.2 Å². The number of benzene rings is 1. The van der Waals surface area contributed by atoms with Crippen LogP contribution in [0.15, 0.2) is 16.6 Å². The zero-order valence-electron chi connectivity index (χ0n) is 11.7. The van der Waals surface area contributed by atoms with E-state index < -0.39 is 5.60 Å². The number of fused-ring (bicyclic) bond motifs is 1. The van der Waals surface area contributed by atoms with Gasteiger partial charge in [-0.25, -0.2) is 0 Å². The van der Waals surface area contributed by atoms with Crippen molar-refractivity contribution in [2.45, 2.75) is 43.9 Å². The van der Waals surface area contributed by atoms with Crippen molar-refractivity contribution in [1.82, 2.24) is 5.32 Å². The molecule has 1 heterocycles. The van der Waals surface area contributed by atoms with Gasteiger partial charge in [-0.05, 0) is 37.0 Å². The Bertz CT molecular complexity index is 584. The molecule has 4 nitrogen and oxygen atoms in total. The van der Waals surface area contributed by atoms with E-state index in [9.17, 15) is 5.11 Å². The van der Waals surface area contributed by atoms with Crippen LogP contribution in [0.25, 0.3) is 0 Å². The Labute approximate surface area is 133 Å². The van der Waals surface area contributed by atoms with E-state index in [0.29, 0.717) is 13.0 Å². The average Bonchev–Trinajstić information content (AvgIpc) is 2.93. The maximum atomic E-state index is 10.5. The summed E-state index contributed by atoms with van der Waals surface area (Å²) in [5.41, 5.74) is 0.0188. The van der Waals surface area contributed by atoms with E-state index in [1.165, 1.54) is 0 Å². The summed E-state index contributed by atoms with van der Waals surface area (Å²) in [6.07, 6.45) is 9.13. The van der Waals surface area contributed by atoms with Crippen molar-refractivity contribution in [2.24, 2.45) is 0 Å². The first-order chi connectivity index (χ1) is 10.1. The summed E-state index contributed by atoms with van der Waals surface area (Å²) in [5.74, 6) is 4.07. The molecule has 2 atom stereocenters. The van der Waals surface area contributed by atoms with Gasteiger partial charge in [-0.2, -0.15) is 0 Å². The summed E-state index contributed by atoms with van der Waals surface area (Å²) in [6, 6.07) is 3.79. The topological polar surface area (TPSA) is 50.7 Å². The molecule has 0 bridgehead atoms. The third-order valence-corrected chi connectivity index (χ3v) is 4.95. The van der Waals surface area contributed by atoms with Crippen molar-refractivity contribution < 1.29 is 14.6 Å². The molecule has 21 heavy (non-hydrogen) atoms. The molecule has 112 valence electrons. The number of nitrogens with one attached hydrogen (secondary N) is 1. The smallest absolute Gasteiger partial charge is 0.231 e. The van der Waals surface area contributed by atoms with E-state index in [0.717, 1.165) is 40.8 Å². The van der Waals surface area contributed by atoms with Gasteiger partial charge in [-0.1, -0.05) is 28.3 Å². The molecule has 1 saturated carbocycles. The number of aliphatic hydroxyl groups is 1. The van der Waals surface area contributed by atoms with Gasteiger partial charge in [0.25, 0.3) is 0 Å². The highest BCUT2D eigenvalue weighted by atomic mass is 79.9. The first kappa shape index (κ1) is 14.7. The normalized spacial score (nSPS) is 27.4. The lowest BCUT2D eigenvalue weighted by molar-refractivity contribution is 0.0255. The van der Waals surface area contributed by atoms with Gasteiger partial charge in [0.1, 0.15) is 5.60 Å². The van der Waals surface area contributed by atoms with E-state index >= 15 is 0 Å². The molecule has 5 heteroatoms. The molecule has 0 radical (unpaired) electrons. The Balaban J connectivity index is 1.71. The van der Waals surface area contributed by atoms with Crippen LogP contribution in [-0.4, -0.2) is 23.5 Å². The number of terminal acetylenes is 1. The minimum Gasteiger partial charge on any atom is -0.454 e. The summed E-state index contributed by atoms with van der Waals surface area (Å²) in [7, 11) is 0. The molecule has 1 fully saturated rings. The minimum absolute atomic E-state index is 0.0754. The molecule has 2 N–H and O–H groups in total. The number of halogens is 1. The molecular formula is C16H18BrNO3. The van der Waals surface area contributed by atoms with Crippen LogP contribution in [0.3, 0.4) is 0 Å². The van der Waals surface area contributed by atoms with Crippen LogP contribution in [0.4, 0.5) is 0 Å². The minimum atomic E-state index is -1.04. The number of hydrogen-bond donors (Lipinski definition) is 2. The monoisotopic (exact) mass is 351 g/mol. The van der Waals surface area contributed by atoms with Crippen molar-refractivity contribution in [1.29, 1.82) is 0 Å². The van der Waals surface area contributed by atoms with Gasteiger partial charge in [-0.3, -0.25) is 0 Å². The molecule has 0 spiro atoms. The second kappa shape index (κ2) is 5.88. The molecule has 2 aliphatic rings. The van der Waals surface area contributed by atoms with Crippen molar-refractivity contribution in [3.63, 3.8) is 0 Å². The fraction of sp³-hybridized carbons (Fsp3) is 0.500. The number of rotatable bonds is 3. The predicted molar refractivity (Wildman–Crippen MR) is 83.1 cm³/mol. The predicted octanol–water partition coefficient (Wildman–Crippen LogP) is 2.57. The van der Waals surface area contributed by atoms with Crippen molar-refractivity contribution in [3.8, 4) is 23.8 Å². The second-order valence-corrected chi connectivity index (χ2v) is 6.40. The van der Waals surface area contributed by atoms with Crippen LogP contribution in [-0.2, 0) is 6.54 Å². The van der Waals surface area contributed by atoms with Crippen LogP contribution in [0.5, 0.6) is 11.5 Å². The van der Waals surface area contributed by atoms with Gasteiger partial charge in [-0.15, -0.1) is 6.42 Å². The third-order valence-electron chi connectivity index (χ3n) is 4.21. The molecule has 1 aliphatic carbocycles. The Hall–Kier alpha value is -1.22. The zero-order valence-corrected chi connectivity index (χ0v) is 13.3. The summed E-state index contributed by atoms with van der Waals surface area (Å²) < 4.78 is 11.7. The Morgan fingerprint density at radius 1 is 1.38 bits per heavy atom. The zero-order chi connectivity index (χ0) is 14.9. The lowest BCUT2D eigenvalue weighted by Crippen LogP contribution is -2.51. The average molecular weight is 352 g/mol. The quantitative estimate of drug-likeness (QED) is 0.821. The molecule has 0 unspecified atom stereocenters. The highest BCUT2D eigenvalue weighted by Gasteiger charge is 2.36. The first-order valence-corrected chi connectivity index (χ1v) is 7.93. The van der Waals surface area contributed by atoms with Gasteiger partial charge >= 0.3 is 0 Å². The van der Waals surface area contributed by atoms with Gasteiger partial charge in [0.15, 0.2) is 11.5 Å². The molecule has 0 aromatic heterocycles. The van der Waals surface area contributed by atoms with Gasteiger partial charge in [0.05, 0.1) is 0 Å². The van der Waals surface area contributed by atoms with E-state index in [2.05, 4.69) is 27.2 Å². The van der Waals surface area contributed by atoms with Gasteiger partial charge in [0, 0.05) is 17.1 Å².